The average molecular weight is 235 g/mol. The third-order valence-electron chi connectivity index (χ3n) is 2.27. The molecule has 2 nitrogen and oxygen atoms in total. The van der Waals surface area contributed by atoms with Crippen LogP contribution in [0.5, 0.6) is 0 Å². The Balaban J connectivity index is 2.42. The van der Waals surface area contributed by atoms with Gasteiger partial charge < -0.3 is 0 Å². The summed E-state index contributed by atoms with van der Waals surface area (Å²) in [5.74, 6) is -0.270. The standard InChI is InChI=1S/C12H10FNOS/c1-7-3-4-9(5-10(7)13)12-14-6-11(16-12)8(2)15/h3-6H,1-2H3. The molecular formula is C12H10FNOS. The number of carbonyl (C=O) groups excluding carboxylic acids is 1. The predicted molar refractivity (Wildman–Crippen MR) is 62.2 cm³/mol. The number of ketones is 1. The van der Waals surface area contributed by atoms with E-state index in [4.69, 9.17) is 0 Å². The lowest BCUT2D eigenvalue weighted by atomic mass is 10.1. The zero-order valence-electron chi connectivity index (χ0n) is 8.95. The van der Waals surface area contributed by atoms with Gasteiger partial charge in [-0.1, -0.05) is 12.1 Å². The van der Waals surface area contributed by atoms with Crippen LogP contribution in [0.2, 0.25) is 0 Å². The van der Waals surface area contributed by atoms with Crippen LogP contribution in [0.1, 0.15) is 22.2 Å². The van der Waals surface area contributed by atoms with Gasteiger partial charge in [0.2, 0.25) is 0 Å². The van der Waals surface area contributed by atoms with Crippen molar-refractivity contribution in [3.8, 4) is 10.6 Å². The highest BCUT2D eigenvalue weighted by Crippen LogP contribution is 2.26. The molecule has 82 valence electrons. The van der Waals surface area contributed by atoms with Crippen LogP contribution >= 0.6 is 11.3 Å². The number of nitrogens with zero attached hydrogens (tertiary/aromatic N) is 1. The van der Waals surface area contributed by atoms with Crippen LogP contribution in [0.25, 0.3) is 10.6 Å². The Kier molecular flexibility index (Phi) is 2.83. The minimum absolute atomic E-state index is 0.0173. The SMILES string of the molecule is CC(=O)c1cnc(-c2ccc(C)c(F)c2)s1. The number of hydrogen-bond donors (Lipinski definition) is 0. The van der Waals surface area contributed by atoms with Gasteiger partial charge in [-0.25, -0.2) is 9.37 Å². The van der Waals surface area contributed by atoms with E-state index in [1.54, 1.807) is 19.1 Å². The molecule has 1 aromatic carbocycles. The van der Waals surface area contributed by atoms with Crippen LogP contribution < -0.4 is 0 Å². The Hall–Kier alpha value is -1.55. The highest BCUT2D eigenvalue weighted by atomic mass is 32.1. The van der Waals surface area contributed by atoms with Gasteiger partial charge in [0, 0.05) is 18.7 Å². The molecule has 0 N–H and O–H groups in total. The number of thiazole rings is 1. The van der Waals surface area contributed by atoms with E-state index in [1.807, 2.05) is 0 Å². The number of carbonyl (C=O) groups is 1. The first-order valence-corrected chi connectivity index (χ1v) is 5.63. The molecule has 0 radical (unpaired) electrons. The molecule has 0 amide bonds. The molecule has 2 aromatic rings. The Morgan fingerprint density at radius 2 is 2.19 bits per heavy atom. The number of halogens is 1. The number of aryl methyl sites for hydroxylation is 1. The van der Waals surface area contributed by atoms with Crippen molar-refractivity contribution in [2.24, 2.45) is 0 Å². The van der Waals surface area contributed by atoms with Crippen molar-refractivity contribution in [1.82, 2.24) is 4.98 Å². The van der Waals surface area contributed by atoms with E-state index in [0.717, 1.165) is 0 Å². The fourth-order valence-corrected chi connectivity index (χ4v) is 2.10. The van der Waals surface area contributed by atoms with Crippen molar-refractivity contribution in [3.05, 3.63) is 40.7 Å². The van der Waals surface area contributed by atoms with Crippen LogP contribution in [-0.4, -0.2) is 10.8 Å². The summed E-state index contributed by atoms with van der Waals surface area (Å²) in [6.07, 6.45) is 1.53. The lowest BCUT2D eigenvalue weighted by Crippen LogP contribution is -1.84. The van der Waals surface area contributed by atoms with Gasteiger partial charge in [0.25, 0.3) is 0 Å². The maximum absolute atomic E-state index is 13.3. The summed E-state index contributed by atoms with van der Waals surface area (Å²) < 4.78 is 13.3. The summed E-state index contributed by atoms with van der Waals surface area (Å²) in [5.41, 5.74) is 1.31. The van der Waals surface area contributed by atoms with Gasteiger partial charge in [-0.3, -0.25) is 4.79 Å². The van der Waals surface area contributed by atoms with Crippen molar-refractivity contribution in [1.29, 1.82) is 0 Å². The van der Waals surface area contributed by atoms with E-state index in [9.17, 15) is 9.18 Å². The molecule has 0 spiro atoms. The monoisotopic (exact) mass is 235 g/mol. The maximum Gasteiger partial charge on any atom is 0.171 e. The van der Waals surface area contributed by atoms with Crippen molar-refractivity contribution in [3.63, 3.8) is 0 Å². The third kappa shape index (κ3) is 2.02. The first-order chi connectivity index (χ1) is 7.58. The second-order valence-corrected chi connectivity index (χ2v) is 4.58. The van der Waals surface area contributed by atoms with Gasteiger partial charge >= 0.3 is 0 Å². The second kappa shape index (κ2) is 4.14. The van der Waals surface area contributed by atoms with Gasteiger partial charge in [0.1, 0.15) is 10.8 Å². The summed E-state index contributed by atoms with van der Waals surface area (Å²) >= 11 is 1.28. The van der Waals surface area contributed by atoms with Crippen LogP contribution in [-0.2, 0) is 0 Å². The molecule has 1 aromatic heterocycles. The molecule has 0 atom stereocenters. The summed E-state index contributed by atoms with van der Waals surface area (Å²) in [4.78, 5) is 15.8. The zero-order valence-corrected chi connectivity index (χ0v) is 9.77. The molecule has 0 saturated carbocycles. The summed E-state index contributed by atoms with van der Waals surface area (Å²) in [5, 5.41) is 0.670. The van der Waals surface area contributed by atoms with E-state index < -0.39 is 0 Å². The zero-order chi connectivity index (χ0) is 11.7. The fourth-order valence-electron chi connectivity index (χ4n) is 1.30. The third-order valence-corrected chi connectivity index (χ3v) is 3.42. The lowest BCUT2D eigenvalue weighted by molar-refractivity contribution is 0.102. The lowest BCUT2D eigenvalue weighted by Gasteiger charge is -1.98. The summed E-state index contributed by atoms with van der Waals surface area (Å²) in [6, 6.07) is 4.96. The largest absolute Gasteiger partial charge is 0.294 e. The van der Waals surface area contributed by atoms with Crippen LogP contribution in [0.4, 0.5) is 4.39 Å². The molecule has 4 heteroatoms. The molecule has 16 heavy (non-hydrogen) atoms. The number of rotatable bonds is 2. The quantitative estimate of drug-likeness (QED) is 0.746. The minimum atomic E-state index is -0.253. The van der Waals surface area contributed by atoms with E-state index in [-0.39, 0.29) is 11.6 Å². The van der Waals surface area contributed by atoms with Gasteiger partial charge in [-0.05, 0) is 18.6 Å². The van der Waals surface area contributed by atoms with E-state index >= 15 is 0 Å². The summed E-state index contributed by atoms with van der Waals surface area (Å²) in [6.45, 7) is 3.20. The van der Waals surface area contributed by atoms with Gasteiger partial charge in [-0.15, -0.1) is 11.3 Å². The molecule has 0 bridgehead atoms. The van der Waals surface area contributed by atoms with Crippen molar-refractivity contribution in [2.75, 3.05) is 0 Å². The molecule has 0 unspecified atom stereocenters. The molecule has 2 rings (SSSR count). The molecule has 0 aliphatic carbocycles. The van der Waals surface area contributed by atoms with Gasteiger partial charge in [0.05, 0.1) is 4.88 Å². The van der Waals surface area contributed by atoms with Crippen LogP contribution in [0, 0.1) is 12.7 Å². The molecule has 0 fully saturated rings. The maximum atomic E-state index is 13.3. The van der Waals surface area contributed by atoms with Gasteiger partial charge in [-0.2, -0.15) is 0 Å². The fraction of sp³-hybridized carbons (Fsp3) is 0.167. The van der Waals surface area contributed by atoms with Gasteiger partial charge in [0.15, 0.2) is 5.78 Å². The first-order valence-electron chi connectivity index (χ1n) is 4.81. The highest BCUT2D eigenvalue weighted by molar-refractivity contribution is 7.16. The molecule has 1 heterocycles. The Labute approximate surface area is 96.8 Å². The van der Waals surface area contributed by atoms with E-state index in [2.05, 4.69) is 4.98 Å². The number of benzene rings is 1. The second-order valence-electron chi connectivity index (χ2n) is 3.55. The molecular weight excluding hydrogens is 225 g/mol. The highest BCUT2D eigenvalue weighted by Gasteiger charge is 2.09. The first kappa shape index (κ1) is 11.0. The Bertz CT molecular complexity index is 548. The normalized spacial score (nSPS) is 10.4. The topological polar surface area (TPSA) is 30.0 Å². The smallest absolute Gasteiger partial charge is 0.171 e. The Morgan fingerprint density at radius 1 is 1.44 bits per heavy atom. The van der Waals surface area contributed by atoms with E-state index in [1.165, 1.54) is 30.5 Å². The molecule has 0 aliphatic rings. The molecule has 0 aliphatic heterocycles. The number of aromatic nitrogens is 1. The van der Waals surface area contributed by atoms with Crippen molar-refractivity contribution >= 4 is 17.1 Å². The number of Topliss-reactive ketones (excluding diaryl/α,β-unsaturated/α-hetero) is 1. The van der Waals surface area contributed by atoms with E-state index in [0.29, 0.717) is 21.0 Å². The van der Waals surface area contributed by atoms with Crippen molar-refractivity contribution < 1.29 is 9.18 Å². The van der Waals surface area contributed by atoms with Crippen LogP contribution in [0.15, 0.2) is 24.4 Å². The average Bonchev–Trinajstić information content (AvgIpc) is 2.71. The number of hydrogen-bond acceptors (Lipinski definition) is 3. The van der Waals surface area contributed by atoms with Crippen molar-refractivity contribution in [2.45, 2.75) is 13.8 Å². The van der Waals surface area contributed by atoms with Crippen LogP contribution in [0.3, 0.4) is 0 Å². The minimum Gasteiger partial charge on any atom is -0.294 e. The molecule has 0 saturated heterocycles. The summed E-state index contributed by atoms with van der Waals surface area (Å²) in [7, 11) is 0. The Morgan fingerprint density at radius 3 is 2.75 bits per heavy atom. The predicted octanol–water partition coefficient (Wildman–Crippen LogP) is 3.46.